The van der Waals surface area contributed by atoms with Gasteiger partial charge in [-0.05, 0) is 29.3 Å². The van der Waals surface area contributed by atoms with Crippen molar-refractivity contribution in [3.8, 4) is 0 Å². The molecule has 0 aliphatic carbocycles. The molecule has 2 heterocycles. The number of nitrogens with one attached hydrogen (secondary N) is 2. The number of amides is 1. The maximum Gasteiger partial charge on any atom is 0.220 e. The van der Waals surface area contributed by atoms with E-state index in [1.807, 2.05) is 59.4 Å². The summed E-state index contributed by atoms with van der Waals surface area (Å²) in [5.41, 5.74) is 4.18. The van der Waals surface area contributed by atoms with Crippen molar-refractivity contribution in [3.63, 3.8) is 0 Å². The second-order valence-electron chi connectivity index (χ2n) is 6.45. The van der Waals surface area contributed by atoms with Crippen molar-refractivity contribution < 1.29 is 4.79 Å². The van der Waals surface area contributed by atoms with E-state index in [2.05, 4.69) is 26.4 Å². The van der Waals surface area contributed by atoms with E-state index in [0.717, 1.165) is 28.0 Å². The highest BCUT2D eigenvalue weighted by molar-refractivity contribution is 5.77. The van der Waals surface area contributed by atoms with Crippen molar-refractivity contribution >= 4 is 16.9 Å². The predicted molar refractivity (Wildman–Crippen MR) is 104 cm³/mol. The van der Waals surface area contributed by atoms with E-state index in [1.54, 1.807) is 6.20 Å². The van der Waals surface area contributed by atoms with Crippen LogP contribution in [-0.2, 0) is 24.3 Å². The van der Waals surface area contributed by atoms with Gasteiger partial charge in [-0.25, -0.2) is 4.98 Å². The molecule has 6 heteroatoms. The summed E-state index contributed by atoms with van der Waals surface area (Å²) < 4.78 is 1.88. The third kappa shape index (κ3) is 4.23. The van der Waals surface area contributed by atoms with Crippen LogP contribution in [0, 0.1) is 0 Å². The summed E-state index contributed by atoms with van der Waals surface area (Å²) in [6.07, 6.45) is 4.70. The lowest BCUT2D eigenvalue weighted by Crippen LogP contribution is -2.24. The standard InChI is InChI=1S/C21H21N5O/c27-21(11-10-20-24-18-8-3-4-9-19(18)25-20)22-14-16-6-1-2-7-17(16)15-26-13-5-12-23-26/h1-9,12-13H,10-11,14-15H2,(H,22,27)(H,24,25). The Balaban J connectivity index is 1.32. The fourth-order valence-corrected chi connectivity index (χ4v) is 3.09. The Hall–Kier alpha value is -3.41. The second-order valence-corrected chi connectivity index (χ2v) is 6.45. The Kier molecular flexibility index (Phi) is 4.96. The van der Waals surface area contributed by atoms with E-state index in [4.69, 9.17) is 0 Å². The minimum Gasteiger partial charge on any atom is -0.352 e. The SMILES string of the molecule is O=C(CCc1nc2ccccc2[nH]1)NCc1ccccc1Cn1cccn1. The van der Waals surface area contributed by atoms with Gasteiger partial charge in [0.05, 0.1) is 17.6 Å². The number of hydrogen-bond donors (Lipinski definition) is 2. The van der Waals surface area contributed by atoms with Crippen LogP contribution in [0.5, 0.6) is 0 Å². The van der Waals surface area contributed by atoms with Gasteiger partial charge in [0.15, 0.2) is 0 Å². The van der Waals surface area contributed by atoms with Crippen molar-refractivity contribution in [1.82, 2.24) is 25.1 Å². The van der Waals surface area contributed by atoms with Crippen molar-refractivity contribution in [1.29, 1.82) is 0 Å². The first-order valence-corrected chi connectivity index (χ1v) is 9.02. The fraction of sp³-hybridized carbons (Fsp3) is 0.190. The molecule has 1 amide bonds. The number of para-hydroxylation sites is 2. The molecule has 0 aliphatic rings. The van der Waals surface area contributed by atoms with Crippen LogP contribution in [0.3, 0.4) is 0 Å². The maximum atomic E-state index is 12.3. The van der Waals surface area contributed by atoms with Gasteiger partial charge < -0.3 is 10.3 Å². The Morgan fingerprint density at radius 2 is 1.85 bits per heavy atom. The monoisotopic (exact) mass is 359 g/mol. The average molecular weight is 359 g/mol. The molecule has 0 unspecified atom stereocenters. The third-order valence-corrected chi connectivity index (χ3v) is 4.51. The summed E-state index contributed by atoms with van der Waals surface area (Å²) in [6, 6.07) is 17.9. The number of aromatic nitrogens is 4. The summed E-state index contributed by atoms with van der Waals surface area (Å²) >= 11 is 0. The van der Waals surface area contributed by atoms with Crippen LogP contribution in [0.4, 0.5) is 0 Å². The van der Waals surface area contributed by atoms with Gasteiger partial charge in [0.25, 0.3) is 0 Å². The Morgan fingerprint density at radius 3 is 2.67 bits per heavy atom. The summed E-state index contributed by atoms with van der Waals surface area (Å²) in [4.78, 5) is 20.0. The van der Waals surface area contributed by atoms with E-state index < -0.39 is 0 Å². The molecule has 4 aromatic rings. The first kappa shape index (κ1) is 17.0. The number of rotatable bonds is 7. The molecule has 2 N–H and O–H groups in total. The highest BCUT2D eigenvalue weighted by Gasteiger charge is 2.08. The van der Waals surface area contributed by atoms with Crippen molar-refractivity contribution in [2.45, 2.75) is 25.9 Å². The van der Waals surface area contributed by atoms with Gasteiger partial charge in [-0.3, -0.25) is 9.48 Å². The Labute approximate surface area is 157 Å². The highest BCUT2D eigenvalue weighted by atomic mass is 16.1. The topological polar surface area (TPSA) is 75.6 Å². The smallest absolute Gasteiger partial charge is 0.220 e. The minimum atomic E-state index is 0.0179. The average Bonchev–Trinajstić information content (AvgIpc) is 3.34. The first-order valence-electron chi connectivity index (χ1n) is 9.02. The van der Waals surface area contributed by atoms with Gasteiger partial charge in [0.2, 0.25) is 5.91 Å². The molecule has 0 aliphatic heterocycles. The number of hydrogen-bond acceptors (Lipinski definition) is 3. The number of benzene rings is 2. The van der Waals surface area contributed by atoms with Crippen LogP contribution in [-0.4, -0.2) is 25.7 Å². The van der Waals surface area contributed by atoms with Gasteiger partial charge in [-0.1, -0.05) is 36.4 Å². The van der Waals surface area contributed by atoms with Gasteiger partial charge in [0.1, 0.15) is 5.82 Å². The van der Waals surface area contributed by atoms with Crippen LogP contribution >= 0.6 is 0 Å². The molecule has 0 saturated heterocycles. The molecule has 2 aromatic carbocycles. The number of aromatic amines is 1. The molecule has 0 saturated carbocycles. The van der Waals surface area contributed by atoms with Crippen LogP contribution in [0.1, 0.15) is 23.4 Å². The van der Waals surface area contributed by atoms with E-state index in [0.29, 0.717) is 25.9 Å². The van der Waals surface area contributed by atoms with Crippen LogP contribution in [0.15, 0.2) is 67.0 Å². The van der Waals surface area contributed by atoms with Crippen LogP contribution in [0.25, 0.3) is 11.0 Å². The number of H-pyrrole nitrogens is 1. The van der Waals surface area contributed by atoms with Gasteiger partial charge in [-0.2, -0.15) is 5.10 Å². The minimum absolute atomic E-state index is 0.0179. The molecule has 0 bridgehead atoms. The normalized spacial score (nSPS) is 11.0. The summed E-state index contributed by atoms with van der Waals surface area (Å²) in [5, 5.41) is 7.26. The second kappa shape index (κ2) is 7.86. The predicted octanol–water partition coefficient (Wildman–Crippen LogP) is 3.06. The fourth-order valence-electron chi connectivity index (χ4n) is 3.09. The first-order chi connectivity index (χ1) is 13.3. The van der Waals surface area contributed by atoms with E-state index >= 15 is 0 Å². The summed E-state index contributed by atoms with van der Waals surface area (Å²) in [6.45, 7) is 1.20. The molecule has 0 atom stereocenters. The zero-order valence-electron chi connectivity index (χ0n) is 14.9. The Morgan fingerprint density at radius 1 is 1.04 bits per heavy atom. The lowest BCUT2D eigenvalue weighted by atomic mass is 10.1. The lowest BCUT2D eigenvalue weighted by molar-refractivity contribution is -0.121. The zero-order valence-corrected chi connectivity index (χ0v) is 14.9. The van der Waals surface area contributed by atoms with Crippen molar-refractivity contribution in [2.75, 3.05) is 0 Å². The van der Waals surface area contributed by atoms with E-state index in [-0.39, 0.29) is 5.91 Å². The van der Waals surface area contributed by atoms with Gasteiger partial charge in [0, 0.05) is 31.8 Å². The molecule has 0 radical (unpaired) electrons. The highest BCUT2D eigenvalue weighted by Crippen LogP contribution is 2.12. The molecule has 6 nitrogen and oxygen atoms in total. The van der Waals surface area contributed by atoms with Crippen molar-refractivity contribution in [2.24, 2.45) is 0 Å². The number of imidazole rings is 1. The molecule has 2 aromatic heterocycles. The molecule has 136 valence electrons. The molecule has 0 fully saturated rings. The summed E-state index contributed by atoms with van der Waals surface area (Å²) in [7, 11) is 0. The molecular formula is C21H21N5O. The van der Waals surface area contributed by atoms with Gasteiger partial charge in [-0.15, -0.1) is 0 Å². The van der Waals surface area contributed by atoms with Crippen LogP contribution in [0.2, 0.25) is 0 Å². The largest absolute Gasteiger partial charge is 0.352 e. The van der Waals surface area contributed by atoms with E-state index in [9.17, 15) is 4.79 Å². The number of carbonyl (C=O) groups is 1. The number of nitrogens with zero attached hydrogens (tertiary/aromatic N) is 3. The van der Waals surface area contributed by atoms with Crippen LogP contribution < -0.4 is 5.32 Å². The zero-order chi connectivity index (χ0) is 18.5. The maximum absolute atomic E-state index is 12.3. The quantitative estimate of drug-likeness (QED) is 0.532. The number of carbonyl (C=O) groups excluding carboxylic acids is 1. The lowest BCUT2D eigenvalue weighted by Gasteiger charge is -2.11. The molecule has 27 heavy (non-hydrogen) atoms. The molecule has 0 spiro atoms. The Bertz CT molecular complexity index is 1000. The molecule has 4 rings (SSSR count). The van der Waals surface area contributed by atoms with E-state index in [1.165, 1.54) is 0 Å². The summed E-state index contributed by atoms with van der Waals surface area (Å²) in [5.74, 6) is 0.856. The van der Waals surface area contributed by atoms with Crippen molar-refractivity contribution in [3.05, 3.63) is 83.9 Å². The number of aryl methyl sites for hydroxylation is 1. The molecular weight excluding hydrogens is 338 g/mol. The number of fused-ring (bicyclic) bond motifs is 1. The van der Waals surface area contributed by atoms with Gasteiger partial charge >= 0.3 is 0 Å². The third-order valence-electron chi connectivity index (χ3n) is 4.51.